The normalized spacial score (nSPS) is 14.0. The largest absolute Gasteiger partial charge is 0.497 e. The van der Waals surface area contributed by atoms with Crippen LogP contribution in [0.5, 0.6) is 11.5 Å². The second-order valence-corrected chi connectivity index (χ2v) is 17.7. The highest BCUT2D eigenvalue weighted by Crippen LogP contribution is 2.46. The molecule has 2 amide bonds. The topological polar surface area (TPSA) is 152 Å². The lowest BCUT2D eigenvalue weighted by atomic mass is 9.80. The number of amides is 2. The van der Waals surface area contributed by atoms with Gasteiger partial charge in [-0.05, 0) is 81.3 Å². The number of benzene rings is 6. The first-order chi connectivity index (χ1) is 32.1. The van der Waals surface area contributed by atoms with Gasteiger partial charge in [0.25, 0.3) is 0 Å². The molecule has 0 heterocycles. The molecule has 0 aromatic heterocycles. The minimum absolute atomic E-state index is 0.0301. The number of rotatable bonds is 22. The van der Waals surface area contributed by atoms with Crippen molar-refractivity contribution in [1.29, 1.82) is 0 Å². The van der Waals surface area contributed by atoms with Gasteiger partial charge in [-0.3, -0.25) is 9.32 Å². The molecular weight excluding hydrogens is 858 g/mol. The lowest BCUT2D eigenvalue weighted by Crippen LogP contribution is -2.51. The van der Waals surface area contributed by atoms with Crippen molar-refractivity contribution in [3.63, 3.8) is 0 Å². The molecule has 0 bridgehead atoms. The Kier molecular flexibility index (Phi) is 16.1. The summed E-state index contributed by atoms with van der Waals surface area (Å²) >= 11 is 0. The number of hydrogen-bond donors (Lipinski definition) is 3. The highest BCUT2D eigenvalue weighted by atomic mass is 31.2. The zero-order valence-electron chi connectivity index (χ0n) is 37.7. The van der Waals surface area contributed by atoms with Gasteiger partial charge in [-0.15, -0.1) is 0 Å². The minimum Gasteiger partial charge on any atom is -0.497 e. The van der Waals surface area contributed by atoms with Crippen molar-refractivity contribution in [2.24, 2.45) is 0 Å². The van der Waals surface area contributed by atoms with E-state index < -0.39 is 31.4 Å². The maximum atomic E-state index is 14.5. The fraction of sp³-hybridized carbons (Fsp3) is 0.269. The predicted molar refractivity (Wildman–Crippen MR) is 252 cm³/mol. The maximum absolute atomic E-state index is 14.5. The van der Waals surface area contributed by atoms with Crippen LogP contribution in [0.15, 0.2) is 152 Å². The second kappa shape index (κ2) is 22.3. The zero-order valence-corrected chi connectivity index (χ0v) is 38.6. The quantitative estimate of drug-likeness (QED) is 0.0442. The lowest BCUT2D eigenvalue weighted by molar-refractivity contribution is -0.126. The molecule has 0 radical (unpaired) electrons. The Morgan fingerprint density at radius 3 is 1.80 bits per heavy atom. The number of hydrogen-bond acceptors (Lipinski definition) is 10. The van der Waals surface area contributed by atoms with Crippen LogP contribution in [0.4, 0.5) is 4.79 Å². The van der Waals surface area contributed by atoms with Crippen molar-refractivity contribution in [3.8, 4) is 22.6 Å². The van der Waals surface area contributed by atoms with E-state index in [4.69, 9.17) is 32.7 Å². The molecule has 0 fully saturated rings. The minimum atomic E-state index is -3.65. The number of carbonyl (C=O) groups excluding carboxylic acids is 2. The van der Waals surface area contributed by atoms with Crippen LogP contribution >= 0.6 is 7.75 Å². The third-order valence-electron chi connectivity index (χ3n) is 11.5. The summed E-state index contributed by atoms with van der Waals surface area (Å²) in [6.45, 7) is 1.94. The first kappa shape index (κ1) is 47.6. The third kappa shape index (κ3) is 11.2. The molecule has 0 saturated heterocycles. The molecule has 1 aliphatic rings. The molecule has 3 unspecified atom stereocenters. The molecular formula is C52H56N3O10P. The Morgan fingerprint density at radius 2 is 1.23 bits per heavy atom. The SMILES string of the molecule is COCC(C)NP(=O)(OC)OCc1cccc(CNC(=O)C(COC(c2ccccc2)(c2ccc(OC)cc2)c2ccc(OC)cc2)NC(=O)OCC2c3ccccc3-c3ccccc32)c1. The van der Waals surface area contributed by atoms with Crippen LogP contribution in [0.2, 0.25) is 0 Å². The van der Waals surface area contributed by atoms with Crippen LogP contribution in [0.25, 0.3) is 11.1 Å². The van der Waals surface area contributed by atoms with E-state index >= 15 is 0 Å². The first-order valence-electron chi connectivity index (χ1n) is 21.6. The second-order valence-electron chi connectivity index (χ2n) is 15.8. The van der Waals surface area contributed by atoms with Gasteiger partial charge in [0.05, 0.1) is 34.0 Å². The summed E-state index contributed by atoms with van der Waals surface area (Å²) < 4.78 is 53.4. The molecule has 0 spiro atoms. The van der Waals surface area contributed by atoms with E-state index in [1.165, 1.54) is 7.11 Å². The molecule has 13 nitrogen and oxygen atoms in total. The standard InChI is InChI=1S/C52H56N3O10P/c1-36(32-59-2)55-66(58,62-5)65-33-38-15-13-14-37(30-38)31-53-50(56)49(54-51(57)63-34-48-46-20-11-9-18-44(46)45-19-10-12-21-47(45)48)35-64-52(39-16-7-6-8-17-39,40-22-26-42(60-3)27-23-40)41-24-28-43(61-4)29-25-41/h6-30,36,48-49H,31-35H2,1-5H3,(H,53,56)(H,54,57)(H,55,58). The molecule has 6 aromatic rings. The van der Waals surface area contributed by atoms with Crippen molar-refractivity contribution in [1.82, 2.24) is 15.7 Å². The Balaban J connectivity index is 1.16. The van der Waals surface area contributed by atoms with Crippen molar-refractivity contribution in [3.05, 3.63) is 191 Å². The number of fused-ring (bicyclic) bond motifs is 3. The Labute approximate surface area is 386 Å². The van der Waals surface area contributed by atoms with E-state index in [1.807, 2.05) is 146 Å². The third-order valence-corrected chi connectivity index (χ3v) is 13.2. The van der Waals surface area contributed by atoms with Crippen LogP contribution in [0.1, 0.15) is 51.8 Å². The number of alkyl carbamates (subject to hydrolysis) is 1. The molecule has 344 valence electrons. The Morgan fingerprint density at radius 1 is 0.667 bits per heavy atom. The monoisotopic (exact) mass is 913 g/mol. The summed E-state index contributed by atoms with van der Waals surface area (Å²) in [6.07, 6.45) is -0.782. The smallest absolute Gasteiger partial charge is 0.407 e. The van der Waals surface area contributed by atoms with E-state index in [2.05, 4.69) is 27.9 Å². The zero-order chi connectivity index (χ0) is 46.5. The van der Waals surface area contributed by atoms with E-state index in [0.717, 1.165) is 44.5 Å². The van der Waals surface area contributed by atoms with E-state index in [9.17, 15) is 14.2 Å². The summed E-state index contributed by atoms with van der Waals surface area (Å²) in [5.41, 5.74) is 6.74. The van der Waals surface area contributed by atoms with E-state index in [1.54, 1.807) is 21.3 Å². The van der Waals surface area contributed by atoms with Gasteiger partial charge >= 0.3 is 13.8 Å². The molecule has 3 N–H and O–H groups in total. The predicted octanol–water partition coefficient (Wildman–Crippen LogP) is 9.13. The van der Waals surface area contributed by atoms with Gasteiger partial charge < -0.3 is 38.8 Å². The summed E-state index contributed by atoms with van der Waals surface area (Å²) in [7, 11) is 2.42. The van der Waals surface area contributed by atoms with Crippen molar-refractivity contribution in [2.45, 2.75) is 43.7 Å². The van der Waals surface area contributed by atoms with Crippen LogP contribution < -0.4 is 25.2 Å². The van der Waals surface area contributed by atoms with Gasteiger partial charge in [0.1, 0.15) is 29.7 Å². The van der Waals surface area contributed by atoms with Gasteiger partial charge in [0.15, 0.2) is 0 Å². The molecule has 0 aliphatic heterocycles. The maximum Gasteiger partial charge on any atom is 0.407 e. The van der Waals surface area contributed by atoms with Crippen LogP contribution in [0.3, 0.4) is 0 Å². The van der Waals surface area contributed by atoms with Crippen molar-refractivity contribution in [2.75, 3.05) is 48.3 Å². The number of nitrogens with one attached hydrogen (secondary N) is 3. The molecule has 1 aliphatic carbocycles. The average Bonchev–Trinajstić information content (AvgIpc) is 3.68. The Bertz CT molecular complexity index is 2500. The molecule has 0 saturated carbocycles. The van der Waals surface area contributed by atoms with Crippen molar-refractivity contribution >= 4 is 19.7 Å². The fourth-order valence-corrected chi connectivity index (χ4v) is 9.47. The fourth-order valence-electron chi connectivity index (χ4n) is 8.25. The van der Waals surface area contributed by atoms with E-state index in [0.29, 0.717) is 23.7 Å². The highest BCUT2D eigenvalue weighted by molar-refractivity contribution is 7.51. The molecule has 66 heavy (non-hydrogen) atoms. The van der Waals surface area contributed by atoms with Gasteiger partial charge in [-0.1, -0.05) is 127 Å². The number of ether oxygens (including phenoxy) is 5. The highest BCUT2D eigenvalue weighted by Gasteiger charge is 2.40. The van der Waals surface area contributed by atoms with Gasteiger partial charge in [0.2, 0.25) is 5.91 Å². The number of carbonyl (C=O) groups is 2. The molecule has 14 heteroatoms. The van der Waals surface area contributed by atoms with Gasteiger partial charge in [0, 0.05) is 32.7 Å². The van der Waals surface area contributed by atoms with E-state index in [-0.39, 0.29) is 38.3 Å². The summed E-state index contributed by atoms with van der Waals surface area (Å²) in [6, 6.07) is 46.7. The lowest BCUT2D eigenvalue weighted by Gasteiger charge is -2.37. The average molecular weight is 914 g/mol. The van der Waals surface area contributed by atoms with Gasteiger partial charge in [-0.25, -0.2) is 14.4 Å². The summed E-state index contributed by atoms with van der Waals surface area (Å²) in [4.78, 5) is 28.4. The van der Waals surface area contributed by atoms with Crippen LogP contribution in [-0.4, -0.2) is 72.3 Å². The first-order valence-corrected chi connectivity index (χ1v) is 23.2. The summed E-state index contributed by atoms with van der Waals surface area (Å²) in [5, 5.41) is 8.70. The molecule has 6 aromatic carbocycles. The summed E-state index contributed by atoms with van der Waals surface area (Å²) in [5.74, 6) is 0.598. The van der Waals surface area contributed by atoms with Crippen LogP contribution in [0, 0.1) is 0 Å². The molecule has 3 atom stereocenters. The van der Waals surface area contributed by atoms with Crippen molar-refractivity contribution < 1.29 is 46.9 Å². The Hall–Kier alpha value is -6.31. The van der Waals surface area contributed by atoms with Crippen LogP contribution in [-0.2, 0) is 51.4 Å². The van der Waals surface area contributed by atoms with Gasteiger partial charge in [-0.2, -0.15) is 0 Å². The number of methoxy groups -OCH3 is 3. The molecule has 7 rings (SSSR count).